The zero-order valence-electron chi connectivity index (χ0n) is 12.4. The summed E-state index contributed by atoms with van der Waals surface area (Å²) in [7, 11) is -3.25. The molecular weight excluding hydrogens is 378 g/mol. The van der Waals surface area contributed by atoms with Gasteiger partial charge in [-0.05, 0) is 42.0 Å². The highest BCUT2D eigenvalue weighted by Crippen LogP contribution is 2.22. The molecule has 118 valence electrons. The van der Waals surface area contributed by atoms with Crippen LogP contribution < -0.4 is 0 Å². The summed E-state index contributed by atoms with van der Waals surface area (Å²) in [5.74, 6) is 0.498. The molecule has 0 atom stereocenters. The molecular formula is C17H14BrNO3S. The highest BCUT2D eigenvalue weighted by atomic mass is 79.9. The van der Waals surface area contributed by atoms with Crippen molar-refractivity contribution in [3.8, 4) is 0 Å². The number of hydrogen-bond donors (Lipinski definition) is 0. The Kier molecular flexibility index (Phi) is 4.37. The first-order valence-electron chi connectivity index (χ1n) is 7.05. The van der Waals surface area contributed by atoms with E-state index in [1.165, 1.54) is 0 Å². The lowest BCUT2D eigenvalue weighted by atomic mass is 10.2. The lowest BCUT2D eigenvalue weighted by molar-refractivity contribution is 0.589. The summed E-state index contributed by atoms with van der Waals surface area (Å²) in [5, 5.41) is 0. The molecule has 2 aromatic carbocycles. The molecule has 0 fully saturated rings. The first kappa shape index (κ1) is 16.0. The summed E-state index contributed by atoms with van der Waals surface area (Å²) in [6, 6.07) is 12.6. The molecule has 0 aliphatic rings. The first-order chi connectivity index (χ1) is 11.0. The van der Waals surface area contributed by atoms with Crippen LogP contribution in [0.4, 0.5) is 0 Å². The van der Waals surface area contributed by atoms with Crippen LogP contribution in [0.1, 0.15) is 18.4 Å². The summed E-state index contributed by atoms with van der Waals surface area (Å²) in [5.41, 5.74) is 2.11. The van der Waals surface area contributed by atoms with Crippen LogP contribution in [-0.4, -0.2) is 19.2 Å². The van der Waals surface area contributed by atoms with Crippen molar-refractivity contribution >= 4 is 49.0 Å². The normalized spacial score (nSPS) is 12.3. The maximum atomic E-state index is 11.9. The van der Waals surface area contributed by atoms with Gasteiger partial charge < -0.3 is 4.42 Å². The van der Waals surface area contributed by atoms with Gasteiger partial charge in [-0.15, -0.1) is 0 Å². The largest absolute Gasteiger partial charge is 0.437 e. The minimum Gasteiger partial charge on any atom is -0.437 e. The van der Waals surface area contributed by atoms with Gasteiger partial charge in [0, 0.05) is 10.5 Å². The van der Waals surface area contributed by atoms with Crippen molar-refractivity contribution in [2.24, 2.45) is 0 Å². The third-order valence-corrected chi connectivity index (χ3v) is 5.61. The Bertz CT molecular complexity index is 990. The third kappa shape index (κ3) is 3.54. The van der Waals surface area contributed by atoms with E-state index >= 15 is 0 Å². The molecule has 0 N–H and O–H groups in total. The monoisotopic (exact) mass is 391 g/mol. The SMILES string of the molecule is CCS(=O)(=O)c1ccc2oc(/C=C/c3cccc(Br)c3)nc2c1. The molecule has 4 nitrogen and oxygen atoms in total. The lowest BCUT2D eigenvalue weighted by Crippen LogP contribution is -2.03. The summed E-state index contributed by atoms with van der Waals surface area (Å²) in [6.45, 7) is 1.62. The van der Waals surface area contributed by atoms with Gasteiger partial charge in [0.2, 0.25) is 5.89 Å². The number of fused-ring (bicyclic) bond motifs is 1. The van der Waals surface area contributed by atoms with Crippen LogP contribution in [0.25, 0.3) is 23.3 Å². The summed E-state index contributed by atoms with van der Waals surface area (Å²) >= 11 is 3.42. The van der Waals surface area contributed by atoms with Gasteiger partial charge in [0.25, 0.3) is 0 Å². The van der Waals surface area contributed by atoms with E-state index in [-0.39, 0.29) is 10.6 Å². The molecule has 0 unspecified atom stereocenters. The Labute approximate surface area is 142 Å². The molecule has 0 aliphatic carbocycles. The van der Waals surface area contributed by atoms with Gasteiger partial charge in [-0.2, -0.15) is 0 Å². The van der Waals surface area contributed by atoms with E-state index in [0.717, 1.165) is 10.0 Å². The summed E-state index contributed by atoms with van der Waals surface area (Å²) in [6.07, 6.45) is 3.65. The van der Waals surface area contributed by atoms with Gasteiger partial charge in [0.15, 0.2) is 15.4 Å². The molecule has 6 heteroatoms. The van der Waals surface area contributed by atoms with Crippen LogP contribution in [0, 0.1) is 0 Å². The van der Waals surface area contributed by atoms with Gasteiger partial charge in [-0.3, -0.25) is 0 Å². The summed E-state index contributed by atoms with van der Waals surface area (Å²) < 4.78 is 30.4. The van der Waals surface area contributed by atoms with Gasteiger partial charge >= 0.3 is 0 Å². The standard InChI is InChI=1S/C17H14BrNO3S/c1-2-23(20,21)14-7-8-16-15(11-14)19-17(22-16)9-6-12-4-3-5-13(18)10-12/h3-11H,2H2,1H3/b9-6+. The molecule has 23 heavy (non-hydrogen) atoms. The minimum atomic E-state index is -3.25. The third-order valence-electron chi connectivity index (χ3n) is 3.38. The van der Waals surface area contributed by atoms with E-state index in [4.69, 9.17) is 4.42 Å². The van der Waals surface area contributed by atoms with E-state index < -0.39 is 9.84 Å². The first-order valence-corrected chi connectivity index (χ1v) is 9.49. The van der Waals surface area contributed by atoms with Crippen molar-refractivity contribution in [2.45, 2.75) is 11.8 Å². The van der Waals surface area contributed by atoms with Gasteiger partial charge in [-0.25, -0.2) is 13.4 Å². The predicted molar refractivity (Wildman–Crippen MR) is 94.8 cm³/mol. The topological polar surface area (TPSA) is 60.2 Å². The number of oxazole rings is 1. The fraction of sp³-hybridized carbons (Fsp3) is 0.118. The van der Waals surface area contributed by atoms with Crippen LogP contribution in [0.5, 0.6) is 0 Å². The number of nitrogens with zero attached hydrogens (tertiary/aromatic N) is 1. The Morgan fingerprint density at radius 1 is 1.17 bits per heavy atom. The van der Waals surface area contributed by atoms with Crippen molar-refractivity contribution in [1.29, 1.82) is 0 Å². The Balaban J connectivity index is 1.94. The second-order valence-electron chi connectivity index (χ2n) is 4.97. The van der Waals surface area contributed by atoms with Crippen molar-refractivity contribution in [2.75, 3.05) is 5.75 Å². The number of aromatic nitrogens is 1. The van der Waals surface area contributed by atoms with Gasteiger partial charge in [0.1, 0.15) is 5.52 Å². The molecule has 0 saturated heterocycles. The number of halogens is 1. The zero-order valence-corrected chi connectivity index (χ0v) is 14.8. The van der Waals surface area contributed by atoms with Crippen LogP contribution >= 0.6 is 15.9 Å². The number of rotatable bonds is 4. The maximum Gasteiger partial charge on any atom is 0.220 e. The molecule has 3 rings (SSSR count). The minimum absolute atomic E-state index is 0.0615. The average molecular weight is 392 g/mol. The molecule has 0 amide bonds. The smallest absolute Gasteiger partial charge is 0.220 e. The Morgan fingerprint density at radius 3 is 2.74 bits per heavy atom. The Morgan fingerprint density at radius 2 is 2.00 bits per heavy atom. The van der Waals surface area contributed by atoms with Crippen LogP contribution in [-0.2, 0) is 9.84 Å². The molecule has 0 bridgehead atoms. The highest BCUT2D eigenvalue weighted by molar-refractivity contribution is 9.10. The molecule has 0 aliphatic heterocycles. The van der Waals surface area contributed by atoms with Gasteiger partial charge in [-0.1, -0.05) is 35.0 Å². The van der Waals surface area contributed by atoms with Crippen molar-refractivity contribution in [3.05, 3.63) is 58.4 Å². The molecule has 0 spiro atoms. The fourth-order valence-corrected chi connectivity index (χ4v) is 3.45. The lowest BCUT2D eigenvalue weighted by Gasteiger charge is -1.99. The van der Waals surface area contributed by atoms with Crippen LogP contribution in [0.2, 0.25) is 0 Å². The highest BCUT2D eigenvalue weighted by Gasteiger charge is 2.13. The van der Waals surface area contributed by atoms with Crippen molar-refractivity contribution < 1.29 is 12.8 Å². The Hall–Kier alpha value is -1.92. The predicted octanol–water partition coefficient (Wildman–Crippen LogP) is 4.55. The fourth-order valence-electron chi connectivity index (χ4n) is 2.13. The molecule has 0 saturated carbocycles. The molecule has 1 aromatic heterocycles. The zero-order chi connectivity index (χ0) is 16.4. The molecule has 0 radical (unpaired) electrons. The van der Waals surface area contributed by atoms with E-state index in [9.17, 15) is 8.42 Å². The summed E-state index contributed by atoms with van der Waals surface area (Å²) in [4.78, 5) is 4.60. The molecule has 3 aromatic rings. The van der Waals surface area contributed by atoms with E-state index in [1.54, 1.807) is 31.2 Å². The van der Waals surface area contributed by atoms with Crippen molar-refractivity contribution in [3.63, 3.8) is 0 Å². The van der Waals surface area contributed by atoms with Gasteiger partial charge in [0.05, 0.1) is 10.6 Å². The van der Waals surface area contributed by atoms with E-state index in [1.807, 2.05) is 30.3 Å². The number of benzene rings is 2. The number of hydrogen-bond acceptors (Lipinski definition) is 4. The van der Waals surface area contributed by atoms with Crippen molar-refractivity contribution in [1.82, 2.24) is 4.98 Å². The van der Waals surface area contributed by atoms with Crippen LogP contribution in [0.15, 0.2) is 56.2 Å². The van der Waals surface area contributed by atoms with Crippen LogP contribution in [0.3, 0.4) is 0 Å². The second kappa shape index (κ2) is 6.29. The molecule has 1 heterocycles. The number of sulfone groups is 1. The maximum absolute atomic E-state index is 11.9. The quantitative estimate of drug-likeness (QED) is 0.654. The van der Waals surface area contributed by atoms with E-state index in [2.05, 4.69) is 20.9 Å². The average Bonchev–Trinajstić information content (AvgIpc) is 2.95. The van der Waals surface area contributed by atoms with E-state index in [0.29, 0.717) is 17.0 Å². The second-order valence-corrected chi connectivity index (χ2v) is 8.17.